The molecule has 0 saturated carbocycles. The number of rotatable bonds is 4. The summed E-state index contributed by atoms with van der Waals surface area (Å²) in [5.41, 5.74) is 6.26. The van der Waals surface area contributed by atoms with Crippen molar-refractivity contribution in [2.24, 2.45) is 5.73 Å². The van der Waals surface area contributed by atoms with Crippen LogP contribution in [0.25, 0.3) is 0 Å². The van der Waals surface area contributed by atoms with Crippen LogP contribution in [0, 0.1) is 17.5 Å². The Hall–Kier alpha value is -1.46. The van der Waals surface area contributed by atoms with Crippen molar-refractivity contribution in [1.29, 1.82) is 0 Å². The molecule has 0 saturated heterocycles. The summed E-state index contributed by atoms with van der Waals surface area (Å²) >= 11 is 1.02. The molecule has 0 fully saturated rings. The third kappa shape index (κ3) is 3.35. The van der Waals surface area contributed by atoms with Gasteiger partial charge in [-0.3, -0.25) is 0 Å². The molecule has 2 N–H and O–H groups in total. The molecular formula is C15H14F3NS. The Balaban J connectivity index is 2.36. The van der Waals surface area contributed by atoms with Gasteiger partial charge in [-0.2, -0.15) is 0 Å². The van der Waals surface area contributed by atoms with E-state index in [9.17, 15) is 13.2 Å². The molecule has 2 unspecified atom stereocenters. The molecule has 0 aliphatic carbocycles. The Kier molecular flexibility index (Phi) is 4.73. The van der Waals surface area contributed by atoms with Crippen molar-refractivity contribution in [2.75, 3.05) is 0 Å². The van der Waals surface area contributed by atoms with E-state index < -0.39 is 28.7 Å². The molecule has 1 nitrogen and oxygen atoms in total. The van der Waals surface area contributed by atoms with Crippen LogP contribution in [0.3, 0.4) is 0 Å². The first-order valence-corrected chi connectivity index (χ1v) is 6.98. The molecule has 2 aromatic carbocycles. The third-order valence-corrected chi connectivity index (χ3v) is 4.34. The number of benzene rings is 2. The Bertz CT molecular complexity index is 601. The molecule has 0 aliphatic heterocycles. The van der Waals surface area contributed by atoms with Crippen molar-refractivity contribution in [3.63, 3.8) is 0 Å². The second kappa shape index (κ2) is 6.33. The highest BCUT2D eigenvalue weighted by molar-refractivity contribution is 7.99. The summed E-state index contributed by atoms with van der Waals surface area (Å²) in [4.78, 5) is 0.121. The van der Waals surface area contributed by atoms with Gasteiger partial charge in [0.05, 0.1) is 5.25 Å². The lowest BCUT2D eigenvalue weighted by Crippen LogP contribution is -2.23. The van der Waals surface area contributed by atoms with Gasteiger partial charge in [0.15, 0.2) is 0 Å². The van der Waals surface area contributed by atoms with Crippen LogP contribution in [0.4, 0.5) is 13.2 Å². The molecule has 5 heteroatoms. The molecule has 0 amide bonds. The Morgan fingerprint density at radius 3 is 2.35 bits per heavy atom. The Morgan fingerprint density at radius 1 is 1.00 bits per heavy atom. The van der Waals surface area contributed by atoms with Gasteiger partial charge in [-0.1, -0.05) is 18.2 Å². The second-order valence-electron chi connectivity index (χ2n) is 4.49. The van der Waals surface area contributed by atoms with Crippen molar-refractivity contribution in [3.05, 3.63) is 65.5 Å². The van der Waals surface area contributed by atoms with Crippen LogP contribution in [0.5, 0.6) is 0 Å². The Labute approximate surface area is 120 Å². The first kappa shape index (κ1) is 14.9. The van der Waals surface area contributed by atoms with Gasteiger partial charge in [0.2, 0.25) is 0 Å². The maximum atomic E-state index is 13.8. The number of nitrogens with two attached hydrogens (primary N) is 1. The maximum Gasteiger partial charge on any atom is 0.136 e. The van der Waals surface area contributed by atoms with E-state index in [1.165, 1.54) is 6.07 Å². The molecule has 0 spiro atoms. The van der Waals surface area contributed by atoms with E-state index in [0.717, 1.165) is 30.0 Å². The van der Waals surface area contributed by atoms with Gasteiger partial charge in [-0.05, 0) is 31.2 Å². The van der Waals surface area contributed by atoms with Gasteiger partial charge >= 0.3 is 0 Å². The zero-order chi connectivity index (χ0) is 14.7. The molecule has 106 valence electrons. The van der Waals surface area contributed by atoms with E-state index in [-0.39, 0.29) is 4.90 Å². The number of thioether (sulfide) groups is 1. The zero-order valence-corrected chi connectivity index (χ0v) is 11.6. The molecular weight excluding hydrogens is 283 g/mol. The SMILES string of the molecule is CC(N)C(Sc1cc(F)ccc1F)c1ccccc1F. The highest BCUT2D eigenvalue weighted by Gasteiger charge is 2.22. The summed E-state index contributed by atoms with van der Waals surface area (Å²) in [5.74, 6) is -1.48. The van der Waals surface area contributed by atoms with Crippen molar-refractivity contribution >= 4 is 11.8 Å². The number of hydrogen-bond donors (Lipinski definition) is 1. The summed E-state index contributed by atoms with van der Waals surface area (Å²) in [7, 11) is 0. The first-order chi connectivity index (χ1) is 9.49. The molecule has 20 heavy (non-hydrogen) atoms. The first-order valence-electron chi connectivity index (χ1n) is 6.10. The fourth-order valence-corrected chi connectivity index (χ4v) is 3.03. The van der Waals surface area contributed by atoms with Crippen LogP contribution in [-0.2, 0) is 0 Å². The van der Waals surface area contributed by atoms with Gasteiger partial charge in [-0.25, -0.2) is 13.2 Å². The topological polar surface area (TPSA) is 26.0 Å². The van der Waals surface area contributed by atoms with Crippen molar-refractivity contribution in [1.82, 2.24) is 0 Å². The fraction of sp³-hybridized carbons (Fsp3) is 0.200. The van der Waals surface area contributed by atoms with Crippen LogP contribution in [0.1, 0.15) is 17.7 Å². The van der Waals surface area contributed by atoms with E-state index in [4.69, 9.17) is 5.73 Å². The van der Waals surface area contributed by atoms with Gasteiger partial charge < -0.3 is 5.73 Å². The van der Waals surface area contributed by atoms with E-state index >= 15 is 0 Å². The lowest BCUT2D eigenvalue weighted by atomic mass is 10.1. The van der Waals surface area contributed by atoms with Crippen LogP contribution in [0.2, 0.25) is 0 Å². The number of hydrogen-bond acceptors (Lipinski definition) is 2. The normalized spacial score (nSPS) is 14.1. The predicted octanol–water partition coefficient (Wildman–Crippen LogP) is 4.28. The molecule has 0 aliphatic rings. The van der Waals surface area contributed by atoms with Gasteiger partial charge in [0.25, 0.3) is 0 Å². The zero-order valence-electron chi connectivity index (χ0n) is 10.8. The quantitative estimate of drug-likeness (QED) is 0.852. The van der Waals surface area contributed by atoms with E-state index in [1.807, 2.05) is 0 Å². The average molecular weight is 297 g/mol. The van der Waals surface area contributed by atoms with Gasteiger partial charge in [0.1, 0.15) is 17.5 Å². The molecule has 2 atom stereocenters. The minimum Gasteiger partial charge on any atom is -0.327 e. The smallest absolute Gasteiger partial charge is 0.136 e. The summed E-state index contributed by atoms with van der Waals surface area (Å²) in [6, 6.07) is 8.97. The summed E-state index contributed by atoms with van der Waals surface area (Å²) in [6.07, 6.45) is 0. The second-order valence-corrected chi connectivity index (χ2v) is 5.68. The molecule has 0 bridgehead atoms. The van der Waals surface area contributed by atoms with Crippen LogP contribution in [0.15, 0.2) is 47.4 Å². The van der Waals surface area contributed by atoms with E-state index in [1.54, 1.807) is 25.1 Å². The van der Waals surface area contributed by atoms with Crippen LogP contribution < -0.4 is 5.73 Å². The summed E-state index contributed by atoms with van der Waals surface area (Å²) in [5, 5.41) is -0.493. The maximum absolute atomic E-state index is 13.8. The van der Waals surface area contributed by atoms with E-state index in [2.05, 4.69) is 0 Å². The van der Waals surface area contributed by atoms with Crippen LogP contribution in [-0.4, -0.2) is 6.04 Å². The average Bonchev–Trinajstić information content (AvgIpc) is 2.40. The third-order valence-electron chi connectivity index (χ3n) is 2.84. The van der Waals surface area contributed by atoms with Crippen molar-refractivity contribution in [3.8, 4) is 0 Å². The molecule has 0 heterocycles. The highest BCUT2D eigenvalue weighted by Crippen LogP contribution is 2.39. The molecule has 2 rings (SSSR count). The summed E-state index contributed by atoms with van der Waals surface area (Å²) < 4.78 is 40.7. The minimum atomic E-state index is -0.543. The van der Waals surface area contributed by atoms with Gasteiger partial charge in [0, 0.05) is 16.5 Å². The summed E-state index contributed by atoms with van der Waals surface area (Å²) in [6.45, 7) is 1.71. The van der Waals surface area contributed by atoms with Gasteiger partial charge in [-0.15, -0.1) is 11.8 Å². The standard InChI is InChI=1S/C15H14F3NS/c1-9(19)15(11-4-2-3-5-12(11)17)20-14-8-10(16)6-7-13(14)18/h2-9,15H,19H2,1H3. The van der Waals surface area contributed by atoms with E-state index in [0.29, 0.717) is 5.56 Å². The largest absolute Gasteiger partial charge is 0.327 e. The number of halogens is 3. The molecule has 2 aromatic rings. The van der Waals surface area contributed by atoms with Crippen molar-refractivity contribution in [2.45, 2.75) is 23.1 Å². The fourth-order valence-electron chi connectivity index (χ4n) is 1.86. The monoisotopic (exact) mass is 297 g/mol. The van der Waals surface area contributed by atoms with Crippen molar-refractivity contribution < 1.29 is 13.2 Å². The van der Waals surface area contributed by atoms with Crippen LogP contribution >= 0.6 is 11.8 Å². The highest BCUT2D eigenvalue weighted by atomic mass is 32.2. The Morgan fingerprint density at radius 2 is 1.70 bits per heavy atom. The molecule has 0 radical (unpaired) electrons. The predicted molar refractivity (Wildman–Crippen MR) is 75.0 cm³/mol. The lowest BCUT2D eigenvalue weighted by Gasteiger charge is -2.21. The molecule has 0 aromatic heterocycles. The lowest BCUT2D eigenvalue weighted by molar-refractivity contribution is 0.573. The minimum absolute atomic E-state index is 0.121.